The van der Waals surface area contributed by atoms with E-state index in [0.717, 1.165) is 5.82 Å². The zero-order valence-electron chi connectivity index (χ0n) is 21.8. The Labute approximate surface area is 229 Å². The molecule has 0 unspecified atom stereocenters. The summed E-state index contributed by atoms with van der Waals surface area (Å²) in [4.78, 5) is 33.7. The molecule has 1 N–H and O–H groups in total. The van der Waals surface area contributed by atoms with Gasteiger partial charge < -0.3 is 14.5 Å². The molecule has 2 fully saturated rings. The molecule has 3 heterocycles. The molecule has 10 heteroatoms. The number of pyridine rings is 1. The third kappa shape index (κ3) is 5.36. The smallest absolute Gasteiger partial charge is 0.272 e. The van der Waals surface area contributed by atoms with Gasteiger partial charge in [-0.2, -0.15) is 10.4 Å². The van der Waals surface area contributed by atoms with Crippen molar-refractivity contribution < 1.29 is 13.9 Å². The van der Waals surface area contributed by atoms with E-state index in [4.69, 9.17) is 10.00 Å². The van der Waals surface area contributed by atoms with Gasteiger partial charge in [-0.25, -0.2) is 14.5 Å². The SMILES string of the molecule is N#Cc1ccc(N2CCN(C(=O)c3cc(Cc4n[nH]c(=O)c5ccc(OCC6CC6)cc45)ccc3F)CC2)nc1. The molecule has 0 atom stereocenters. The Bertz CT molecular complexity index is 1670. The fraction of sp³-hybridized carbons (Fsp3) is 0.300. The number of nitriles is 1. The van der Waals surface area contributed by atoms with Crippen LogP contribution in [0.3, 0.4) is 0 Å². The average Bonchev–Trinajstić information content (AvgIpc) is 3.83. The fourth-order valence-electron chi connectivity index (χ4n) is 4.91. The van der Waals surface area contributed by atoms with Crippen LogP contribution in [0.5, 0.6) is 5.75 Å². The van der Waals surface area contributed by atoms with Gasteiger partial charge >= 0.3 is 0 Å². The van der Waals surface area contributed by atoms with E-state index in [0.29, 0.717) is 78.5 Å². The Morgan fingerprint density at radius 1 is 1.07 bits per heavy atom. The number of fused-ring (bicyclic) bond motifs is 1. The number of carbonyl (C=O) groups is 1. The lowest BCUT2D eigenvalue weighted by molar-refractivity contribution is 0.0741. The van der Waals surface area contributed by atoms with Crippen LogP contribution in [-0.2, 0) is 6.42 Å². The first-order valence-electron chi connectivity index (χ1n) is 13.3. The zero-order chi connectivity index (χ0) is 27.6. The highest BCUT2D eigenvalue weighted by Gasteiger charge is 2.25. The van der Waals surface area contributed by atoms with Gasteiger partial charge in [0.05, 0.1) is 28.8 Å². The molecule has 2 aromatic carbocycles. The summed E-state index contributed by atoms with van der Waals surface area (Å²) in [6.07, 6.45) is 4.18. The van der Waals surface area contributed by atoms with Gasteiger partial charge in [0.15, 0.2) is 0 Å². The number of nitrogens with one attached hydrogen (secondary N) is 1. The average molecular weight is 539 g/mol. The van der Waals surface area contributed by atoms with Gasteiger partial charge in [-0.3, -0.25) is 9.59 Å². The molecule has 6 rings (SSSR count). The number of aromatic nitrogens is 3. The maximum Gasteiger partial charge on any atom is 0.272 e. The summed E-state index contributed by atoms with van der Waals surface area (Å²) in [5.41, 5.74) is 1.51. The Kier molecular flexibility index (Phi) is 6.86. The van der Waals surface area contributed by atoms with Crippen molar-refractivity contribution in [2.75, 3.05) is 37.7 Å². The van der Waals surface area contributed by atoms with E-state index < -0.39 is 5.82 Å². The van der Waals surface area contributed by atoms with Gasteiger partial charge in [0.2, 0.25) is 0 Å². The van der Waals surface area contributed by atoms with Crippen LogP contribution in [0.25, 0.3) is 10.8 Å². The fourth-order valence-corrected chi connectivity index (χ4v) is 4.91. The highest BCUT2D eigenvalue weighted by atomic mass is 19.1. The van der Waals surface area contributed by atoms with Gasteiger partial charge in [-0.1, -0.05) is 6.07 Å². The summed E-state index contributed by atoms with van der Waals surface area (Å²) in [6.45, 7) is 2.58. The number of piperazine rings is 1. The molecule has 0 spiro atoms. The quantitative estimate of drug-likeness (QED) is 0.382. The molecule has 1 amide bonds. The lowest BCUT2D eigenvalue weighted by atomic mass is 10.0. The Morgan fingerprint density at radius 2 is 1.90 bits per heavy atom. The molecule has 1 aliphatic carbocycles. The van der Waals surface area contributed by atoms with E-state index in [2.05, 4.69) is 21.3 Å². The third-order valence-corrected chi connectivity index (χ3v) is 7.42. The number of rotatable bonds is 7. The number of ether oxygens (including phenoxy) is 1. The lowest BCUT2D eigenvalue weighted by Crippen LogP contribution is -2.49. The minimum atomic E-state index is -0.583. The second kappa shape index (κ2) is 10.8. The van der Waals surface area contributed by atoms with Gasteiger partial charge in [0.1, 0.15) is 23.5 Å². The Hall–Kier alpha value is -4.78. The minimum Gasteiger partial charge on any atom is -0.493 e. The summed E-state index contributed by atoms with van der Waals surface area (Å²) >= 11 is 0. The topological polar surface area (TPSA) is 115 Å². The first-order valence-corrected chi connectivity index (χ1v) is 13.3. The third-order valence-electron chi connectivity index (χ3n) is 7.42. The van der Waals surface area contributed by atoms with Gasteiger partial charge in [0.25, 0.3) is 11.5 Å². The van der Waals surface area contributed by atoms with Gasteiger partial charge in [-0.05, 0) is 66.8 Å². The molecule has 0 radical (unpaired) electrons. The summed E-state index contributed by atoms with van der Waals surface area (Å²) in [5.74, 6) is 1.06. The normalized spacial score (nSPS) is 15.2. The molecule has 2 aromatic heterocycles. The van der Waals surface area contributed by atoms with Crippen molar-refractivity contribution in [1.82, 2.24) is 20.1 Å². The molecule has 40 heavy (non-hydrogen) atoms. The van der Waals surface area contributed by atoms with Crippen molar-refractivity contribution in [3.05, 3.63) is 93.3 Å². The maximum absolute atomic E-state index is 14.9. The number of aromatic amines is 1. The van der Waals surface area contributed by atoms with Crippen molar-refractivity contribution >= 4 is 22.5 Å². The number of H-pyrrole nitrogens is 1. The number of hydrogen-bond donors (Lipinski definition) is 1. The first-order chi connectivity index (χ1) is 19.5. The van der Waals surface area contributed by atoms with Crippen molar-refractivity contribution in [3.63, 3.8) is 0 Å². The Morgan fingerprint density at radius 3 is 2.62 bits per heavy atom. The van der Waals surface area contributed by atoms with Crippen LogP contribution in [0.1, 0.15) is 40.0 Å². The van der Waals surface area contributed by atoms with E-state index in [9.17, 15) is 14.0 Å². The number of benzene rings is 2. The molecule has 1 aliphatic heterocycles. The van der Waals surface area contributed by atoms with Crippen LogP contribution in [0.2, 0.25) is 0 Å². The lowest BCUT2D eigenvalue weighted by Gasteiger charge is -2.35. The van der Waals surface area contributed by atoms with Crippen LogP contribution in [0, 0.1) is 23.1 Å². The van der Waals surface area contributed by atoms with E-state index in [1.807, 2.05) is 11.0 Å². The molecule has 1 saturated heterocycles. The highest BCUT2D eigenvalue weighted by Crippen LogP contribution is 2.30. The second-order valence-electron chi connectivity index (χ2n) is 10.2. The maximum atomic E-state index is 14.9. The summed E-state index contributed by atoms with van der Waals surface area (Å²) in [7, 11) is 0. The number of carbonyl (C=O) groups excluding carboxylic acids is 1. The molecule has 4 aromatic rings. The highest BCUT2D eigenvalue weighted by molar-refractivity contribution is 5.95. The Balaban J connectivity index is 1.18. The monoisotopic (exact) mass is 538 g/mol. The predicted octanol–water partition coefficient (Wildman–Crippen LogP) is 3.67. The first kappa shape index (κ1) is 25.5. The molecular weight excluding hydrogens is 511 g/mol. The van der Waals surface area contributed by atoms with E-state index in [-0.39, 0.29) is 17.0 Å². The summed E-state index contributed by atoms with van der Waals surface area (Å²) in [6, 6.07) is 15.4. The molecule has 202 valence electrons. The summed E-state index contributed by atoms with van der Waals surface area (Å²) in [5, 5.41) is 17.0. The van der Waals surface area contributed by atoms with Crippen LogP contribution in [0.4, 0.5) is 10.2 Å². The minimum absolute atomic E-state index is 0.00429. The number of anilines is 1. The number of nitrogens with zero attached hydrogens (tertiary/aromatic N) is 5. The number of amides is 1. The molecule has 9 nitrogen and oxygen atoms in total. The van der Waals surface area contributed by atoms with Gasteiger partial charge in [-0.15, -0.1) is 0 Å². The number of hydrogen-bond acceptors (Lipinski definition) is 7. The summed E-state index contributed by atoms with van der Waals surface area (Å²) < 4.78 is 20.8. The van der Waals surface area contributed by atoms with Crippen molar-refractivity contribution in [2.24, 2.45) is 5.92 Å². The van der Waals surface area contributed by atoms with Crippen LogP contribution >= 0.6 is 0 Å². The van der Waals surface area contributed by atoms with Crippen molar-refractivity contribution in [2.45, 2.75) is 19.3 Å². The standard InChI is InChI=1S/C30H27FN6O3/c31-26-7-3-20(14-27-24-15-22(40-18-19-1-2-19)5-6-23(24)29(38)35-34-27)13-25(26)30(39)37-11-9-36(10-12-37)28-8-4-21(16-32)17-33-28/h3-8,13,15,17,19H,1-2,9-12,14,18H2,(H,35,38). The van der Waals surface area contributed by atoms with Crippen LogP contribution < -0.4 is 15.2 Å². The van der Waals surface area contributed by atoms with Crippen LogP contribution in [-0.4, -0.2) is 58.8 Å². The number of halogens is 1. The second-order valence-corrected chi connectivity index (χ2v) is 10.2. The van der Waals surface area contributed by atoms with Crippen molar-refractivity contribution in [3.8, 4) is 11.8 Å². The predicted molar refractivity (Wildman–Crippen MR) is 147 cm³/mol. The van der Waals surface area contributed by atoms with Crippen molar-refractivity contribution in [1.29, 1.82) is 5.26 Å². The molecule has 2 aliphatic rings. The van der Waals surface area contributed by atoms with E-state index in [1.165, 1.54) is 25.1 Å². The molecule has 1 saturated carbocycles. The molecule has 0 bridgehead atoms. The van der Waals surface area contributed by atoms with Crippen LogP contribution in [0.15, 0.2) is 59.5 Å². The van der Waals surface area contributed by atoms with Gasteiger partial charge in [0, 0.05) is 44.2 Å². The van der Waals surface area contributed by atoms with E-state index >= 15 is 0 Å². The largest absolute Gasteiger partial charge is 0.493 e. The van der Waals surface area contributed by atoms with E-state index in [1.54, 1.807) is 41.3 Å². The zero-order valence-corrected chi connectivity index (χ0v) is 21.8. The molecular formula is C30H27FN6O3.